The van der Waals surface area contributed by atoms with Crippen LogP contribution in [0.1, 0.15) is 72.6 Å². The standard InChI is InChI=1S/C28H36N2O/c1-5-19-14-23(15-20(6-2)27(19)29)26(13-18-9-11-25(31)12-10-18)24-16-21(7-3)28(30)22(8-4)17-24/h9-12,14-17,26,31H,5-8,13,29-30H2,1-4H3. The van der Waals surface area contributed by atoms with E-state index in [1.165, 1.54) is 38.9 Å². The van der Waals surface area contributed by atoms with Gasteiger partial charge in [-0.1, -0.05) is 64.1 Å². The van der Waals surface area contributed by atoms with Gasteiger partial charge < -0.3 is 16.6 Å². The Morgan fingerprint density at radius 2 is 1.00 bits per heavy atom. The SMILES string of the molecule is CCc1cc(C(Cc2ccc(O)cc2)c2cc(CC)c(N)c(CC)c2)cc(CC)c1N. The highest BCUT2D eigenvalue weighted by Gasteiger charge is 2.20. The Balaban J connectivity index is 2.20. The van der Waals surface area contributed by atoms with Gasteiger partial charge in [-0.25, -0.2) is 0 Å². The van der Waals surface area contributed by atoms with Crippen molar-refractivity contribution in [2.75, 3.05) is 11.5 Å². The Bertz CT molecular complexity index is 926. The molecule has 0 saturated carbocycles. The Morgan fingerprint density at radius 1 is 0.645 bits per heavy atom. The molecule has 0 aliphatic carbocycles. The van der Waals surface area contributed by atoms with Crippen LogP contribution in [0.15, 0.2) is 48.5 Å². The molecule has 3 aromatic rings. The molecule has 0 bridgehead atoms. The fourth-order valence-electron chi connectivity index (χ4n) is 4.48. The van der Waals surface area contributed by atoms with Crippen LogP contribution < -0.4 is 11.5 Å². The highest BCUT2D eigenvalue weighted by atomic mass is 16.3. The van der Waals surface area contributed by atoms with Crippen molar-refractivity contribution < 1.29 is 5.11 Å². The average Bonchev–Trinajstić information content (AvgIpc) is 2.79. The van der Waals surface area contributed by atoms with Gasteiger partial charge in [0.2, 0.25) is 0 Å². The van der Waals surface area contributed by atoms with Gasteiger partial charge in [-0.2, -0.15) is 0 Å². The largest absolute Gasteiger partial charge is 0.508 e. The van der Waals surface area contributed by atoms with E-state index in [0.717, 1.165) is 43.5 Å². The number of phenols is 1. The molecule has 0 aliphatic heterocycles. The van der Waals surface area contributed by atoms with E-state index in [9.17, 15) is 5.11 Å². The number of anilines is 2. The third kappa shape index (κ3) is 4.87. The summed E-state index contributed by atoms with van der Waals surface area (Å²) in [6.45, 7) is 8.66. The minimum absolute atomic E-state index is 0.192. The van der Waals surface area contributed by atoms with Crippen LogP contribution in [-0.4, -0.2) is 5.11 Å². The first-order chi connectivity index (χ1) is 14.9. The van der Waals surface area contributed by atoms with Crippen molar-refractivity contribution in [3.8, 4) is 5.75 Å². The fraction of sp³-hybridized carbons (Fsp3) is 0.357. The summed E-state index contributed by atoms with van der Waals surface area (Å²) in [5.41, 5.74) is 23.4. The first-order valence-electron chi connectivity index (χ1n) is 11.5. The molecule has 0 atom stereocenters. The number of aryl methyl sites for hydroxylation is 4. The predicted molar refractivity (Wildman–Crippen MR) is 133 cm³/mol. The summed E-state index contributed by atoms with van der Waals surface area (Å²) < 4.78 is 0. The van der Waals surface area contributed by atoms with Crippen molar-refractivity contribution in [3.63, 3.8) is 0 Å². The Kier molecular flexibility index (Phi) is 7.27. The third-order valence-electron chi connectivity index (χ3n) is 6.45. The van der Waals surface area contributed by atoms with Crippen molar-refractivity contribution in [1.82, 2.24) is 0 Å². The molecule has 31 heavy (non-hydrogen) atoms. The van der Waals surface area contributed by atoms with Gasteiger partial charge >= 0.3 is 0 Å². The highest BCUT2D eigenvalue weighted by Crippen LogP contribution is 2.36. The quantitative estimate of drug-likeness (QED) is 0.384. The molecule has 0 amide bonds. The monoisotopic (exact) mass is 416 g/mol. The first-order valence-corrected chi connectivity index (χ1v) is 11.5. The Hall–Kier alpha value is -2.94. The highest BCUT2D eigenvalue weighted by molar-refractivity contribution is 5.60. The number of nitrogen functional groups attached to an aromatic ring is 2. The summed E-state index contributed by atoms with van der Waals surface area (Å²) in [6, 6.07) is 16.7. The minimum Gasteiger partial charge on any atom is -0.508 e. The summed E-state index contributed by atoms with van der Waals surface area (Å²) >= 11 is 0. The fourth-order valence-corrected chi connectivity index (χ4v) is 4.48. The number of hydrogen-bond donors (Lipinski definition) is 3. The van der Waals surface area contributed by atoms with Gasteiger partial charge in [0.25, 0.3) is 0 Å². The van der Waals surface area contributed by atoms with E-state index in [1.54, 1.807) is 12.1 Å². The van der Waals surface area contributed by atoms with Crippen LogP contribution >= 0.6 is 0 Å². The molecule has 0 radical (unpaired) electrons. The minimum atomic E-state index is 0.192. The summed E-state index contributed by atoms with van der Waals surface area (Å²) in [5, 5.41) is 9.73. The van der Waals surface area contributed by atoms with E-state index in [0.29, 0.717) is 5.75 Å². The molecule has 0 heterocycles. The number of benzene rings is 3. The smallest absolute Gasteiger partial charge is 0.115 e. The van der Waals surface area contributed by atoms with E-state index in [1.807, 2.05) is 12.1 Å². The van der Waals surface area contributed by atoms with E-state index >= 15 is 0 Å². The van der Waals surface area contributed by atoms with E-state index < -0.39 is 0 Å². The lowest BCUT2D eigenvalue weighted by atomic mass is 9.81. The molecular weight excluding hydrogens is 380 g/mol. The summed E-state index contributed by atoms with van der Waals surface area (Å²) in [6.07, 6.45) is 4.52. The van der Waals surface area contributed by atoms with Crippen LogP contribution in [-0.2, 0) is 32.1 Å². The molecule has 0 unspecified atom stereocenters. The zero-order chi connectivity index (χ0) is 22.5. The molecule has 3 rings (SSSR count). The normalized spacial score (nSPS) is 11.3. The molecule has 5 N–H and O–H groups in total. The van der Waals surface area contributed by atoms with Crippen LogP contribution in [0.4, 0.5) is 11.4 Å². The molecule has 3 nitrogen and oxygen atoms in total. The summed E-state index contributed by atoms with van der Waals surface area (Å²) in [5.74, 6) is 0.486. The molecule has 164 valence electrons. The number of nitrogens with two attached hydrogens (primary N) is 2. The maximum absolute atomic E-state index is 9.73. The lowest BCUT2D eigenvalue weighted by Crippen LogP contribution is -2.11. The van der Waals surface area contributed by atoms with Crippen molar-refractivity contribution in [3.05, 3.63) is 87.5 Å². The molecule has 3 heteroatoms. The molecule has 0 aromatic heterocycles. The van der Waals surface area contributed by atoms with Crippen molar-refractivity contribution >= 4 is 11.4 Å². The van der Waals surface area contributed by atoms with Crippen LogP contribution in [0.25, 0.3) is 0 Å². The molecule has 0 saturated heterocycles. The lowest BCUT2D eigenvalue weighted by molar-refractivity contribution is 0.475. The van der Waals surface area contributed by atoms with Gasteiger partial charge in [-0.05, 0) is 83.2 Å². The second kappa shape index (κ2) is 9.91. The molecule has 3 aromatic carbocycles. The lowest BCUT2D eigenvalue weighted by Gasteiger charge is -2.24. The second-order valence-electron chi connectivity index (χ2n) is 8.34. The van der Waals surface area contributed by atoms with Crippen LogP contribution in [0.5, 0.6) is 5.75 Å². The Labute approximate surface area is 187 Å². The maximum Gasteiger partial charge on any atom is 0.115 e. The van der Waals surface area contributed by atoms with Crippen molar-refractivity contribution in [1.29, 1.82) is 0 Å². The zero-order valence-corrected chi connectivity index (χ0v) is 19.3. The van der Waals surface area contributed by atoms with Gasteiger partial charge in [-0.15, -0.1) is 0 Å². The summed E-state index contributed by atoms with van der Waals surface area (Å²) in [7, 11) is 0. The number of phenolic OH excluding ortho intramolecular Hbond substituents is 1. The van der Waals surface area contributed by atoms with Gasteiger partial charge in [0.15, 0.2) is 0 Å². The first kappa shape index (κ1) is 22.7. The average molecular weight is 417 g/mol. The van der Waals surface area contributed by atoms with E-state index in [4.69, 9.17) is 11.5 Å². The molecule has 0 fully saturated rings. The van der Waals surface area contributed by atoms with Gasteiger partial charge in [0, 0.05) is 17.3 Å². The van der Waals surface area contributed by atoms with Gasteiger partial charge in [0.05, 0.1) is 0 Å². The molecular formula is C28H36N2O. The molecule has 0 aliphatic rings. The topological polar surface area (TPSA) is 72.3 Å². The second-order valence-corrected chi connectivity index (χ2v) is 8.34. The Morgan fingerprint density at radius 3 is 1.32 bits per heavy atom. The number of hydrogen-bond acceptors (Lipinski definition) is 3. The van der Waals surface area contributed by atoms with E-state index in [2.05, 4.69) is 52.0 Å². The third-order valence-corrected chi connectivity index (χ3v) is 6.45. The van der Waals surface area contributed by atoms with Gasteiger partial charge in [-0.3, -0.25) is 0 Å². The molecule has 0 spiro atoms. The van der Waals surface area contributed by atoms with Gasteiger partial charge in [0.1, 0.15) is 5.75 Å². The van der Waals surface area contributed by atoms with E-state index in [-0.39, 0.29) is 5.92 Å². The predicted octanol–water partition coefficient (Wildman–Crippen LogP) is 6.18. The van der Waals surface area contributed by atoms with Crippen molar-refractivity contribution in [2.45, 2.75) is 65.7 Å². The van der Waals surface area contributed by atoms with Crippen LogP contribution in [0.3, 0.4) is 0 Å². The summed E-state index contributed by atoms with van der Waals surface area (Å²) in [4.78, 5) is 0. The zero-order valence-electron chi connectivity index (χ0n) is 19.3. The van der Waals surface area contributed by atoms with Crippen LogP contribution in [0.2, 0.25) is 0 Å². The number of aromatic hydroxyl groups is 1. The van der Waals surface area contributed by atoms with Crippen molar-refractivity contribution in [2.24, 2.45) is 0 Å². The van der Waals surface area contributed by atoms with Crippen LogP contribution in [0, 0.1) is 0 Å². The number of rotatable bonds is 8. The maximum atomic E-state index is 9.73.